The second-order valence-corrected chi connectivity index (χ2v) is 8.46. The highest BCUT2D eigenvalue weighted by Crippen LogP contribution is 2.29. The van der Waals surface area contributed by atoms with Crippen molar-refractivity contribution in [1.29, 1.82) is 0 Å². The number of hydrogen-bond donors (Lipinski definition) is 3. The topological polar surface area (TPSA) is 119 Å². The number of carbonyl (C=O) groups excluding carboxylic acids is 3. The van der Waals surface area contributed by atoms with Crippen molar-refractivity contribution in [2.24, 2.45) is 0 Å². The maximum atomic E-state index is 12.9. The molecule has 3 N–H and O–H groups in total. The van der Waals surface area contributed by atoms with Gasteiger partial charge in [-0.2, -0.15) is 0 Å². The highest BCUT2D eigenvalue weighted by molar-refractivity contribution is 6.07. The molecular formula is C25H27N3O6. The molecule has 0 bridgehead atoms. The fourth-order valence-corrected chi connectivity index (χ4v) is 2.99. The van der Waals surface area contributed by atoms with E-state index < -0.39 is 23.5 Å². The van der Waals surface area contributed by atoms with Crippen molar-refractivity contribution in [3.63, 3.8) is 0 Å². The van der Waals surface area contributed by atoms with Gasteiger partial charge in [-0.25, -0.2) is 4.79 Å². The molecule has 0 radical (unpaired) electrons. The molecule has 0 aliphatic heterocycles. The summed E-state index contributed by atoms with van der Waals surface area (Å²) < 4.78 is 15.7. The molecule has 0 atom stereocenters. The van der Waals surface area contributed by atoms with Gasteiger partial charge in [0.1, 0.15) is 11.4 Å². The molecule has 3 aromatic rings. The van der Waals surface area contributed by atoms with Gasteiger partial charge in [-0.15, -0.1) is 0 Å². The lowest BCUT2D eigenvalue weighted by atomic mass is 10.1. The fraction of sp³-hybridized carbons (Fsp3) is 0.240. The Bertz CT molecular complexity index is 1200. The Kier molecular flexibility index (Phi) is 7.25. The molecular weight excluding hydrogens is 438 g/mol. The number of carbonyl (C=O) groups is 3. The van der Waals surface area contributed by atoms with E-state index in [1.165, 1.54) is 13.4 Å². The Morgan fingerprint density at radius 2 is 1.65 bits per heavy atom. The summed E-state index contributed by atoms with van der Waals surface area (Å²) in [6, 6.07) is 13.0. The smallest absolute Gasteiger partial charge is 0.412 e. The van der Waals surface area contributed by atoms with Crippen LogP contribution in [0.2, 0.25) is 0 Å². The van der Waals surface area contributed by atoms with Crippen LogP contribution in [0.15, 0.2) is 59.2 Å². The molecule has 0 saturated heterocycles. The van der Waals surface area contributed by atoms with E-state index in [4.69, 9.17) is 13.9 Å². The van der Waals surface area contributed by atoms with Crippen LogP contribution in [0.1, 0.15) is 47.2 Å². The molecule has 34 heavy (non-hydrogen) atoms. The van der Waals surface area contributed by atoms with Crippen LogP contribution in [0.3, 0.4) is 0 Å². The van der Waals surface area contributed by atoms with Crippen molar-refractivity contribution in [3.05, 3.63) is 71.7 Å². The average Bonchev–Trinajstić information content (AvgIpc) is 3.29. The van der Waals surface area contributed by atoms with Crippen LogP contribution < -0.4 is 20.7 Å². The van der Waals surface area contributed by atoms with E-state index in [1.54, 1.807) is 69.3 Å². The number of benzene rings is 2. The van der Waals surface area contributed by atoms with Crippen molar-refractivity contribution in [1.82, 2.24) is 0 Å². The predicted molar refractivity (Wildman–Crippen MR) is 129 cm³/mol. The first-order chi connectivity index (χ1) is 16.1. The largest absolute Gasteiger partial charge is 0.495 e. The first-order valence-corrected chi connectivity index (χ1v) is 10.5. The third kappa shape index (κ3) is 6.38. The van der Waals surface area contributed by atoms with Gasteiger partial charge in [-0.05, 0) is 75.7 Å². The average molecular weight is 466 g/mol. The number of furan rings is 1. The van der Waals surface area contributed by atoms with Gasteiger partial charge in [0, 0.05) is 16.9 Å². The van der Waals surface area contributed by atoms with E-state index in [0.29, 0.717) is 28.4 Å². The highest BCUT2D eigenvalue weighted by atomic mass is 16.6. The number of hydrogen-bond acceptors (Lipinski definition) is 6. The van der Waals surface area contributed by atoms with E-state index in [1.807, 2.05) is 6.92 Å². The van der Waals surface area contributed by atoms with E-state index in [2.05, 4.69) is 16.0 Å². The number of methoxy groups -OCH3 is 1. The third-order valence-corrected chi connectivity index (χ3v) is 4.59. The van der Waals surface area contributed by atoms with Crippen molar-refractivity contribution in [3.8, 4) is 5.75 Å². The molecule has 3 amide bonds. The lowest BCUT2D eigenvalue weighted by Crippen LogP contribution is -2.27. The van der Waals surface area contributed by atoms with Gasteiger partial charge in [0.05, 0.1) is 19.1 Å². The van der Waals surface area contributed by atoms with Gasteiger partial charge in [0.25, 0.3) is 11.8 Å². The third-order valence-electron chi connectivity index (χ3n) is 4.59. The molecule has 178 valence electrons. The van der Waals surface area contributed by atoms with E-state index in [0.717, 1.165) is 5.56 Å². The SMILES string of the molecule is COc1ccc(NC(=O)c2ccc(C)c(NC(=O)c3ccco3)c2)cc1NC(=O)OC(C)(C)C. The number of ether oxygens (including phenoxy) is 2. The molecule has 0 saturated carbocycles. The zero-order valence-electron chi connectivity index (χ0n) is 19.6. The Morgan fingerprint density at radius 1 is 0.882 bits per heavy atom. The van der Waals surface area contributed by atoms with Crippen LogP contribution in [-0.4, -0.2) is 30.6 Å². The van der Waals surface area contributed by atoms with Crippen LogP contribution >= 0.6 is 0 Å². The van der Waals surface area contributed by atoms with Gasteiger partial charge < -0.3 is 24.5 Å². The van der Waals surface area contributed by atoms with Gasteiger partial charge in [-0.1, -0.05) is 6.07 Å². The van der Waals surface area contributed by atoms with E-state index in [-0.39, 0.29) is 5.76 Å². The zero-order valence-corrected chi connectivity index (χ0v) is 19.6. The number of aryl methyl sites for hydroxylation is 1. The Hall–Kier alpha value is -4.27. The number of rotatable bonds is 6. The van der Waals surface area contributed by atoms with Gasteiger partial charge >= 0.3 is 6.09 Å². The summed E-state index contributed by atoms with van der Waals surface area (Å²) in [5.41, 5.74) is 1.70. The molecule has 0 aliphatic rings. The maximum absolute atomic E-state index is 12.9. The monoisotopic (exact) mass is 465 g/mol. The van der Waals surface area contributed by atoms with Crippen LogP contribution in [0, 0.1) is 6.92 Å². The van der Waals surface area contributed by atoms with Crippen molar-refractivity contribution >= 4 is 35.0 Å². The second-order valence-electron chi connectivity index (χ2n) is 8.46. The summed E-state index contributed by atoms with van der Waals surface area (Å²) in [5.74, 6) is -0.250. The summed E-state index contributed by atoms with van der Waals surface area (Å²) in [5, 5.41) is 8.16. The normalized spacial score (nSPS) is 10.9. The van der Waals surface area contributed by atoms with Crippen LogP contribution in [-0.2, 0) is 4.74 Å². The quantitative estimate of drug-likeness (QED) is 0.445. The summed E-state index contributed by atoms with van der Waals surface area (Å²) >= 11 is 0. The molecule has 3 rings (SSSR count). The molecule has 0 aliphatic carbocycles. The highest BCUT2D eigenvalue weighted by Gasteiger charge is 2.18. The second kappa shape index (κ2) is 10.1. The maximum Gasteiger partial charge on any atom is 0.412 e. The van der Waals surface area contributed by atoms with Gasteiger partial charge in [-0.3, -0.25) is 14.9 Å². The minimum absolute atomic E-state index is 0.164. The van der Waals surface area contributed by atoms with Crippen molar-refractivity contribution < 1.29 is 28.3 Å². The van der Waals surface area contributed by atoms with Gasteiger partial charge in [0.2, 0.25) is 0 Å². The minimum atomic E-state index is -0.668. The first-order valence-electron chi connectivity index (χ1n) is 10.5. The van der Waals surface area contributed by atoms with E-state index in [9.17, 15) is 14.4 Å². The Labute approximate surface area is 197 Å². The molecule has 0 spiro atoms. The Balaban J connectivity index is 1.76. The zero-order chi connectivity index (χ0) is 24.9. The molecule has 2 aromatic carbocycles. The predicted octanol–water partition coefficient (Wildman–Crippen LogP) is 5.45. The first kappa shape index (κ1) is 24.4. The molecule has 1 heterocycles. The molecule has 0 fully saturated rings. The van der Waals surface area contributed by atoms with Crippen molar-refractivity contribution in [2.75, 3.05) is 23.1 Å². The van der Waals surface area contributed by atoms with E-state index >= 15 is 0 Å². The van der Waals surface area contributed by atoms with Gasteiger partial charge in [0.15, 0.2) is 5.76 Å². The summed E-state index contributed by atoms with van der Waals surface area (Å²) in [4.78, 5) is 37.4. The fourth-order valence-electron chi connectivity index (χ4n) is 2.99. The lowest BCUT2D eigenvalue weighted by Gasteiger charge is -2.20. The lowest BCUT2D eigenvalue weighted by molar-refractivity contribution is 0.0635. The molecule has 1 aromatic heterocycles. The minimum Gasteiger partial charge on any atom is -0.495 e. The molecule has 0 unspecified atom stereocenters. The van der Waals surface area contributed by atoms with Crippen LogP contribution in [0.5, 0.6) is 5.75 Å². The standard InChI is InChI=1S/C25H27N3O6/c1-15-8-9-16(13-18(15)27-23(30)21-7-6-12-33-21)22(29)26-17-10-11-20(32-5)19(14-17)28-24(31)34-25(2,3)4/h6-14H,1-5H3,(H,26,29)(H,27,30)(H,28,31). The molecule has 9 nitrogen and oxygen atoms in total. The van der Waals surface area contributed by atoms with Crippen LogP contribution in [0.25, 0.3) is 0 Å². The van der Waals surface area contributed by atoms with Crippen molar-refractivity contribution in [2.45, 2.75) is 33.3 Å². The van der Waals surface area contributed by atoms with Crippen LogP contribution in [0.4, 0.5) is 21.9 Å². The summed E-state index contributed by atoms with van der Waals surface area (Å²) in [6.07, 6.45) is 0.761. The Morgan fingerprint density at radius 3 is 2.29 bits per heavy atom. The molecule has 9 heteroatoms. The number of amides is 3. The number of anilines is 3. The summed E-state index contributed by atoms with van der Waals surface area (Å²) in [6.45, 7) is 7.09. The number of nitrogens with one attached hydrogen (secondary N) is 3. The summed E-state index contributed by atoms with van der Waals surface area (Å²) in [7, 11) is 1.47.